The molecule has 1 nitrogen and oxygen atoms in total. The Morgan fingerprint density at radius 1 is 1.27 bits per heavy atom. The third-order valence-electron chi connectivity index (χ3n) is 4.93. The molecule has 2 unspecified atom stereocenters. The van der Waals surface area contributed by atoms with Crippen LogP contribution in [0.3, 0.4) is 0 Å². The Morgan fingerprint density at radius 2 is 2.09 bits per heavy atom. The fourth-order valence-electron chi connectivity index (χ4n) is 3.76. The Kier molecular flexibility index (Phi) is 3.74. The van der Waals surface area contributed by atoms with Crippen LogP contribution in [0.2, 0.25) is 0 Å². The van der Waals surface area contributed by atoms with E-state index in [0.29, 0.717) is 0 Å². The van der Waals surface area contributed by atoms with Crippen molar-refractivity contribution in [1.29, 1.82) is 0 Å². The molecule has 1 aliphatic carbocycles. The van der Waals surface area contributed by atoms with Crippen molar-refractivity contribution in [2.45, 2.75) is 34.2 Å². The van der Waals surface area contributed by atoms with E-state index < -0.39 is 0 Å². The highest BCUT2D eigenvalue weighted by molar-refractivity contribution is 14.1. The second kappa shape index (κ2) is 5.49. The topological polar surface area (TPSA) is 20.2 Å². The van der Waals surface area contributed by atoms with Gasteiger partial charge in [-0.15, -0.1) is 0 Å². The summed E-state index contributed by atoms with van der Waals surface area (Å²) in [7, 11) is 0. The molecule has 4 rings (SSSR count). The van der Waals surface area contributed by atoms with Crippen molar-refractivity contribution in [3.63, 3.8) is 0 Å². The van der Waals surface area contributed by atoms with Gasteiger partial charge in [0.05, 0.1) is 6.10 Å². The lowest BCUT2D eigenvalue weighted by Crippen LogP contribution is -2.22. The first kappa shape index (κ1) is 15.0. The van der Waals surface area contributed by atoms with E-state index in [4.69, 9.17) is 0 Å². The molecule has 0 aromatic heterocycles. The highest BCUT2D eigenvalue weighted by Crippen LogP contribution is 2.62. The second-order valence-electron chi connectivity index (χ2n) is 6.22. The lowest BCUT2D eigenvalue weighted by atomic mass is 9.85. The highest BCUT2D eigenvalue weighted by atomic mass is 127. The summed E-state index contributed by atoms with van der Waals surface area (Å²) in [4.78, 5) is 2.39. The van der Waals surface area contributed by atoms with Crippen molar-refractivity contribution in [3.8, 4) is 0 Å². The predicted molar refractivity (Wildman–Crippen MR) is 95.3 cm³/mol. The predicted octanol–water partition coefficient (Wildman–Crippen LogP) is 4.59. The minimum absolute atomic E-state index is 0.0206. The van der Waals surface area contributed by atoms with Gasteiger partial charge in [-0.1, -0.05) is 52.6 Å². The SMILES string of the molecule is OC(CI)[C@@H]1CC12Cc1cc(F)ccc1Sc1ccccc12. The first-order valence-corrected chi connectivity index (χ1v) is 9.78. The molecule has 2 aromatic carbocycles. The Balaban J connectivity index is 1.85. The van der Waals surface area contributed by atoms with Gasteiger partial charge in [-0.2, -0.15) is 0 Å². The number of benzene rings is 2. The summed E-state index contributed by atoms with van der Waals surface area (Å²) in [5.41, 5.74) is 2.38. The molecule has 0 saturated heterocycles. The molecule has 1 heterocycles. The van der Waals surface area contributed by atoms with Crippen LogP contribution in [0.5, 0.6) is 0 Å². The summed E-state index contributed by atoms with van der Waals surface area (Å²) >= 11 is 3.97. The summed E-state index contributed by atoms with van der Waals surface area (Å²) in [6.45, 7) is 0. The van der Waals surface area contributed by atoms with Gasteiger partial charge in [-0.25, -0.2) is 4.39 Å². The maximum Gasteiger partial charge on any atom is 0.123 e. The van der Waals surface area contributed by atoms with Crippen molar-refractivity contribution in [3.05, 3.63) is 59.4 Å². The summed E-state index contributed by atoms with van der Waals surface area (Å²) in [6, 6.07) is 13.6. The van der Waals surface area contributed by atoms with E-state index >= 15 is 0 Å². The maximum atomic E-state index is 13.7. The summed E-state index contributed by atoms with van der Waals surface area (Å²) in [5, 5.41) is 10.3. The smallest absolute Gasteiger partial charge is 0.123 e. The van der Waals surface area contributed by atoms with Crippen LogP contribution in [-0.4, -0.2) is 15.6 Å². The Labute approximate surface area is 147 Å². The number of aliphatic hydroxyl groups is 1. The minimum Gasteiger partial charge on any atom is -0.392 e. The van der Waals surface area contributed by atoms with E-state index in [0.717, 1.165) is 27.7 Å². The van der Waals surface area contributed by atoms with Gasteiger partial charge in [-0.05, 0) is 54.2 Å². The van der Waals surface area contributed by atoms with Gasteiger partial charge in [-0.3, -0.25) is 0 Å². The largest absolute Gasteiger partial charge is 0.392 e. The molecule has 1 aliphatic heterocycles. The summed E-state index contributed by atoms with van der Waals surface area (Å²) in [5.74, 6) is 0.104. The third-order valence-corrected chi connectivity index (χ3v) is 7.02. The first-order valence-electron chi connectivity index (χ1n) is 7.44. The number of aliphatic hydroxyl groups excluding tert-OH is 1. The lowest BCUT2D eigenvalue weighted by molar-refractivity contribution is 0.167. The molecule has 1 fully saturated rings. The second-order valence-corrected chi connectivity index (χ2v) is 8.18. The van der Waals surface area contributed by atoms with Crippen molar-refractivity contribution in [2.24, 2.45) is 5.92 Å². The van der Waals surface area contributed by atoms with Gasteiger partial charge < -0.3 is 5.11 Å². The zero-order valence-electron chi connectivity index (χ0n) is 11.9. The first-order chi connectivity index (χ1) is 10.6. The molecule has 4 heteroatoms. The molecule has 2 aromatic rings. The molecule has 0 radical (unpaired) electrons. The van der Waals surface area contributed by atoms with Gasteiger partial charge in [0.2, 0.25) is 0 Å². The average Bonchev–Trinajstić information content (AvgIpc) is 3.27. The molecule has 0 amide bonds. The van der Waals surface area contributed by atoms with Gasteiger partial charge in [0.1, 0.15) is 5.82 Å². The zero-order valence-corrected chi connectivity index (χ0v) is 14.9. The maximum absolute atomic E-state index is 13.7. The molecular formula is C18H16FIOS. The van der Waals surface area contributed by atoms with E-state index in [1.807, 2.05) is 6.07 Å². The van der Waals surface area contributed by atoms with E-state index in [9.17, 15) is 9.50 Å². The molecule has 3 atom stereocenters. The number of rotatable bonds is 2. The van der Waals surface area contributed by atoms with Gasteiger partial charge in [0.15, 0.2) is 0 Å². The third kappa shape index (κ3) is 2.31. The molecule has 1 saturated carbocycles. The molecule has 114 valence electrons. The summed E-state index contributed by atoms with van der Waals surface area (Å²) in [6.07, 6.45) is 1.53. The number of hydrogen-bond acceptors (Lipinski definition) is 2. The van der Waals surface area contributed by atoms with Crippen molar-refractivity contribution in [1.82, 2.24) is 0 Å². The van der Waals surface area contributed by atoms with Crippen LogP contribution in [-0.2, 0) is 11.8 Å². The van der Waals surface area contributed by atoms with Crippen LogP contribution >= 0.6 is 34.4 Å². The van der Waals surface area contributed by atoms with E-state index in [2.05, 4.69) is 46.9 Å². The minimum atomic E-state index is -0.284. The number of alkyl halides is 1. The monoisotopic (exact) mass is 426 g/mol. The fraction of sp³-hybridized carbons (Fsp3) is 0.333. The van der Waals surface area contributed by atoms with Crippen molar-refractivity contribution < 1.29 is 9.50 Å². The molecule has 22 heavy (non-hydrogen) atoms. The van der Waals surface area contributed by atoms with Crippen LogP contribution in [0.15, 0.2) is 52.3 Å². The van der Waals surface area contributed by atoms with Crippen LogP contribution in [0.1, 0.15) is 17.5 Å². The lowest BCUT2D eigenvalue weighted by Gasteiger charge is -2.20. The van der Waals surface area contributed by atoms with E-state index in [1.54, 1.807) is 17.8 Å². The zero-order chi connectivity index (χ0) is 15.3. The van der Waals surface area contributed by atoms with Gasteiger partial charge >= 0.3 is 0 Å². The van der Waals surface area contributed by atoms with Crippen molar-refractivity contribution in [2.75, 3.05) is 4.43 Å². The Hall–Kier alpha value is -0.590. The van der Waals surface area contributed by atoms with Gasteiger partial charge in [0, 0.05) is 19.6 Å². The number of halogens is 2. The van der Waals surface area contributed by atoms with Crippen LogP contribution in [0, 0.1) is 11.7 Å². The molecular weight excluding hydrogens is 410 g/mol. The van der Waals surface area contributed by atoms with Crippen LogP contribution in [0.25, 0.3) is 0 Å². The highest BCUT2D eigenvalue weighted by Gasteiger charge is 2.59. The molecule has 0 bridgehead atoms. The quantitative estimate of drug-likeness (QED) is 0.560. The fourth-order valence-corrected chi connectivity index (χ4v) is 5.54. The number of hydrogen-bond donors (Lipinski definition) is 1. The normalized spacial score (nSPS) is 27.0. The molecule has 1 N–H and O–H groups in total. The Bertz CT molecular complexity index is 735. The summed E-state index contributed by atoms with van der Waals surface area (Å²) < 4.78 is 14.4. The average molecular weight is 426 g/mol. The van der Waals surface area contributed by atoms with Crippen molar-refractivity contribution >= 4 is 34.4 Å². The van der Waals surface area contributed by atoms with Crippen LogP contribution < -0.4 is 0 Å². The Morgan fingerprint density at radius 3 is 2.91 bits per heavy atom. The van der Waals surface area contributed by atoms with Gasteiger partial charge in [0.25, 0.3) is 0 Å². The molecule has 2 aliphatic rings. The van der Waals surface area contributed by atoms with E-state index in [1.165, 1.54) is 16.5 Å². The standard InChI is InChI=1S/C18H16FIOS/c19-12-5-6-16-11(7-12)8-18(9-14(18)15(21)10-20)13-3-1-2-4-17(13)22-16/h1-7,14-15,21H,8-10H2/t14-,15?,18?/m0/s1. The molecule has 1 spiro atoms. The van der Waals surface area contributed by atoms with Crippen LogP contribution in [0.4, 0.5) is 4.39 Å². The van der Waals surface area contributed by atoms with E-state index in [-0.39, 0.29) is 23.3 Å². The number of fused-ring (bicyclic) bond motifs is 3.